The Hall–Kier alpha value is -0.280. The molecule has 2 saturated carbocycles. The maximum Gasteiger partial charge on any atom is 0.210 e. The summed E-state index contributed by atoms with van der Waals surface area (Å²) in [6, 6.07) is -0.365. The number of rotatable bonds is 5. The van der Waals surface area contributed by atoms with E-state index in [2.05, 4.69) is 30.6 Å². The van der Waals surface area contributed by atoms with E-state index in [0.29, 0.717) is 22.4 Å². The maximum atomic E-state index is 10.6. The molecule has 4 atom stereocenters. The molecule has 2 heterocycles. The molecular formula is C18H28BrN3O3S. The molecule has 0 unspecified atom stereocenters. The first-order valence-electron chi connectivity index (χ1n) is 9.83. The predicted octanol–water partition coefficient (Wildman–Crippen LogP) is 3.20. The van der Waals surface area contributed by atoms with Crippen LogP contribution in [0, 0.1) is 17.8 Å². The van der Waals surface area contributed by atoms with Gasteiger partial charge in [0.25, 0.3) is 0 Å². The van der Waals surface area contributed by atoms with E-state index in [9.17, 15) is 10.2 Å². The van der Waals surface area contributed by atoms with Crippen LogP contribution in [0.2, 0.25) is 0 Å². The Morgan fingerprint density at radius 2 is 1.81 bits per heavy atom. The second-order valence-corrected chi connectivity index (χ2v) is 9.67. The van der Waals surface area contributed by atoms with Crippen LogP contribution in [0.5, 0.6) is 0 Å². The van der Waals surface area contributed by atoms with Crippen molar-refractivity contribution in [3.05, 3.63) is 4.73 Å². The van der Waals surface area contributed by atoms with Crippen LogP contribution in [0.25, 0.3) is 0 Å². The zero-order valence-electron chi connectivity index (χ0n) is 14.9. The summed E-state index contributed by atoms with van der Waals surface area (Å²) in [5.74, 6) is 2.18. The lowest BCUT2D eigenvalue weighted by molar-refractivity contribution is -0.163. The minimum atomic E-state index is -0.857. The van der Waals surface area contributed by atoms with Crippen LogP contribution in [0.4, 0.5) is 5.13 Å². The van der Waals surface area contributed by atoms with Gasteiger partial charge in [0.05, 0.1) is 18.8 Å². The summed E-state index contributed by atoms with van der Waals surface area (Å²) in [6.45, 7) is 0.377. The molecule has 26 heavy (non-hydrogen) atoms. The Kier molecular flexibility index (Phi) is 6.15. The Balaban J connectivity index is 1.27. The number of anilines is 1. The van der Waals surface area contributed by atoms with Gasteiger partial charge in [0.15, 0.2) is 0 Å². The van der Waals surface area contributed by atoms with E-state index in [4.69, 9.17) is 4.74 Å². The lowest BCUT2D eigenvalue weighted by atomic mass is 9.71. The third-order valence-corrected chi connectivity index (χ3v) is 7.76. The second kappa shape index (κ2) is 8.39. The zero-order valence-corrected chi connectivity index (χ0v) is 17.3. The SMILES string of the molecule is O[C@@H]1[C@H](O)[C@H](Nc2nc(Br)ns2)CO[C@@H]1C1CCC(CC2CCC2)CC1. The molecule has 0 aromatic carbocycles. The molecule has 0 amide bonds. The van der Waals surface area contributed by atoms with E-state index in [-0.39, 0.29) is 12.1 Å². The Morgan fingerprint density at radius 3 is 2.42 bits per heavy atom. The number of hydrogen-bond acceptors (Lipinski definition) is 7. The van der Waals surface area contributed by atoms with Gasteiger partial charge in [0.2, 0.25) is 9.87 Å². The molecule has 2 aliphatic carbocycles. The number of nitrogens with zero attached hydrogens (tertiary/aromatic N) is 2. The van der Waals surface area contributed by atoms with Gasteiger partial charge in [-0.1, -0.05) is 32.1 Å². The van der Waals surface area contributed by atoms with Crippen molar-refractivity contribution in [1.29, 1.82) is 0 Å². The molecule has 8 heteroatoms. The van der Waals surface area contributed by atoms with Gasteiger partial charge in [-0.05, 0) is 52.9 Å². The van der Waals surface area contributed by atoms with Crippen molar-refractivity contribution in [3.63, 3.8) is 0 Å². The second-order valence-electron chi connectivity index (χ2n) is 8.21. The van der Waals surface area contributed by atoms with Crippen LogP contribution in [-0.4, -0.2) is 50.5 Å². The fourth-order valence-corrected chi connectivity index (χ4v) is 5.81. The summed E-state index contributed by atoms with van der Waals surface area (Å²) in [5, 5.41) is 25.0. The van der Waals surface area contributed by atoms with Crippen molar-refractivity contribution in [1.82, 2.24) is 9.36 Å². The number of halogens is 1. The molecule has 1 aliphatic heterocycles. The molecule has 0 bridgehead atoms. The smallest absolute Gasteiger partial charge is 0.210 e. The number of nitrogens with one attached hydrogen (secondary N) is 1. The van der Waals surface area contributed by atoms with Gasteiger partial charge < -0.3 is 20.3 Å². The van der Waals surface area contributed by atoms with E-state index in [1.165, 1.54) is 50.1 Å². The van der Waals surface area contributed by atoms with Gasteiger partial charge in [-0.3, -0.25) is 0 Å². The Labute approximate surface area is 167 Å². The molecule has 1 aromatic rings. The molecule has 3 N–H and O–H groups in total. The molecule has 0 spiro atoms. The van der Waals surface area contributed by atoms with Crippen LogP contribution in [0.1, 0.15) is 51.4 Å². The lowest BCUT2D eigenvalue weighted by Gasteiger charge is -2.43. The first kappa shape index (κ1) is 19.1. The largest absolute Gasteiger partial charge is 0.388 e. The van der Waals surface area contributed by atoms with Gasteiger partial charge in [-0.25, -0.2) is 0 Å². The van der Waals surface area contributed by atoms with E-state index in [1.54, 1.807) is 0 Å². The molecule has 4 rings (SSSR count). The molecule has 1 saturated heterocycles. The maximum absolute atomic E-state index is 10.6. The van der Waals surface area contributed by atoms with Gasteiger partial charge in [-0.2, -0.15) is 9.36 Å². The van der Waals surface area contributed by atoms with Crippen LogP contribution >= 0.6 is 27.5 Å². The normalized spacial score (nSPS) is 38.7. The average molecular weight is 446 g/mol. The third kappa shape index (κ3) is 4.24. The first-order valence-corrected chi connectivity index (χ1v) is 11.4. The molecule has 3 fully saturated rings. The molecule has 0 radical (unpaired) electrons. The zero-order chi connectivity index (χ0) is 18.1. The van der Waals surface area contributed by atoms with Gasteiger partial charge in [0.1, 0.15) is 12.2 Å². The Morgan fingerprint density at radius 1 is 1.08 bits per heavy atom. The minimum Gasteiger partial charge on any atom is -0.388 e. The summed E-state index contributed by atoms with van der Waals surface area (Å²) in [4.78, 5) is 4.18. The lowest BCUT2D eigenvalue weighted by Crippen LogP contribution is -2.57. The van der Waals surface area contributed by atoms with Crippen molar-refractivity contribution in [2.45, 2.75) is 75.7 Å². The number of aliphatic hydroxyl groups is 2. The predicted molar refractivity (Wildman–Crippen MR) is 104 cm³/mol. The first-order chi connectivity index (χ1) is 12.6. The van der Waals surface area contributed by atoms with E-state index in [0.717, 1.165) is 24.7 Å². The number of aromatic nitrogens is 2. The van der Waals surface area contributed by atoms with Gasteiger partial charge >= 0.3 is 0 Å². The average Bonchev–Trinajstić information content (AvgIpc) is 3.01. The van der Waals surface area contributed by atoms with E-state index >= 15 is 0 Å². The fraction of sp³-hybridized carbons (Fsp3) is 0.889. The number of aliphatic hydroxyl groups excluding tert-OH is 2. The summed E-state index contributed by atoms with van der Waals surface area (Å²) in [7, 11) is 0. The van der Waals surface area contributed by atoms with Crippen LogP contribution in [-0.2, 0) is 4.74 Å². The van der Waals surface area contributed by atoms with Crippen molar-refractivity contribution in [2.75, 3.05) is 11.9 Å². The number of ether oxygens (including phenoxy) is 1. The summed E-state index contributed by atoms with van der Waals surface area (Å²) in [6.07, 6.45) is 8.39. The van der Waals surface area contributed by atoms with Crippen molar-refractivity contribution < 1.29 is 14.9 Å². The Bertz CT molecular complexity index is 592. The number of hydrogen-bond donors (Lipinski definition) is 3. The van der Waals surface area contributed by atoms with Crippen molar-refractivity contribution >= 4 is 32.6 Å². The highest BCUT2D eigenvalue weighted by molar-refractivity contribution is 9.10. The highest BCUT2D eigenvalue weighted by atomic mass is 79.9. The molecular weight excluding hydrogens is 418 g/mol. The standard InChI is InChI=1S/C18H28BrN3O3S/c19-17-21-18(26-22-17)20-13-9-25-16(15(24)14(13)23)12-6-4-11(5-7-12)8-10-2-1-3-10/h10-16,23-24H,1-9H2,(H,20,21,22)/t11?,12?,13-,14-,15-,16-/m1/s1. The topological polar surface area (TPSA) is 87.5 Å². The molecule has 6 nitrogen and oxygen atoms in total. The van der Waals surface area contributed by atoms with Gasteiger partial charge in [-0.15, -0.1) is 0 Å². The fourth-order valence-electron chi connectivity index (χ4n) is 4.76. The van der Waals surface area contributed by atoms with Crippen molar-refractivity contribution in [3.8, 4) is 0 Å². The van der Waals surface area contributed by atoms with E-state index in [1.807, 2.05) is 0 Å². The van der Waals surface area contributed by atoms with Crippen LogP contribution in [0.15, 0.2) is 4.73 Å². The monoisotopic (exact) mass is 445 g/mol. The highest BCUT2D eigenvalue weighted by Crippen LogP contribution is 2.41. The summed E-state index contributed by atoms with van der Waals surface area (Å²) >= 11 is 4.44. The minimum absolute atomic E-state index is 0.256. The third-order valence-electron chi connectivity index (χ3n) is 6.52. The van der Waals surface area contributed by atoms with Crippen LogP contribution < -0.4 is 5.32 Å². The van der Waals surface area contributed by atoms with Crippen LogP contribution in [0.3, 0.4) is 0 Å². The highest BCUT2D eigenvalue weighted by Gasteiger charge is 2.43. The quantitative estimate of drug-likeness (QED) is 0.644. The summed E-state index contributed by atoms with van der Waals surface area (Å²) < 4.78 is 10.6. The van der Waals surface area contributed by atoms with E-state index < -0.39 is 12.2 Å². The molecule has 1 aromatic heterocycles. The molecule has 146 valence electrons. The van der Waals surface area contributed by atoms with Gasteiger partial charge in [0, 0.05) is 11.5 Å². The van der Waals surface area contributed by atoms with Crippen molar-refractivity contribution in [2.24, 2.45) is 17.8 Å². The molecule has 3 aliphatic rings. The summed E-state index contributed by atoms with van der Waals surface area (Å²) in [5.41, 5.74) is 0.